The number of rotatable bonds is 6. The number of carboxylic acid groups (broad SMARTS) is 1. The molecule has 5 heteroatoms. The summed E-state index contributed by atoms with van der Waals surface area (Å²) >= 11 is 0. The van der Waals surface area contributed by atoms with E-state index < -0.39 is 5.97 Å². The van der Waals surface area contributed by atoms with Gasteiger partial charge in [0, 0.05) is 18.5 Å². The summed E-state index contributed by atoms with van der Waals surface area (Å²) in [7, 11) is 0. The van der Waals surface area contributed by atoms with Gasteiger partial charge < -0.3 is 15.1 Å². The Kier molecular flexibility index (Phi) is 4.53. The van der Waals surface area contributed by atoms with Crippen LogP contribution in [0.15, 0.2) is 30.3 Å². The molecule has 0 bridgehead atoms. The van der Waals surface area contributed by atoms with E-state index in [0.29, 0.717) is 23.3 Å². The molecule has 0 aliphatic heterocycles. The fourth-order valence-corrected chi connectivity index (χ4v) is 2.23. The summed E-state index contributed by atoms with van der Waals surface area (Å²) in [4.78, 5) is 17.8. The summed E-state index contributed by atoms with van der Waals surface area (Å²) in [5, 5.41) is 19.1. The molecule has 2 N–H and O–H groups in total. The first-order valence-corrected chi connectivity index (χ1v) is 6.66. The zero-order chi connectivity index (χ0) is 14.5. The number of aromatic carboxylic acids is 1. The predicted octanol–water partition coefficient (Wildman–Crippen LogP) is 2.14. The smallest absolute Gasteiger partial charge is 0.336 e. The fraction of sp³-hybridized carbons (Fsp3) is 0.333. The van der Waals surface area contributed by atoms with E-state index in [2.05, 4.69) is 4.98 Å². The zero-order valence-corrected chi connectivity index (χ0v) is 11.4. The van der Waals surface area contributed by atoms with Gasteiger partial charge in [-0.05, 0) is 18.6 Å². The highest BCUT2D eigenvalue weighted by atomic mass is 16.4. The summed E-state index contributed by atoms with van der Waals surface area (Å²) in [6.45, 7) is 3.21. The molecule has 20 heavy (non-hydrogen) atoms. The Balaban J connectivity index is 2.56. The minimum absolute atomic E-state index is 0.0108. The van der Waals surface area contributed by atoms with Crippen LogP contribution in [-0.4, -0.2) is 40.9 Å². The van der Waals surface area contributed by atoms with Crippen LogP contribution < -0.4 is 4.90 Å². The van der Waals surface area contributed by atoms with Gasteiger partial charge in [-0.1, -0.05) is 25.1 Å². The van der Waals surface area contributed by atoms with Crippen LogP contribution >= 0.6 is 0 Å². The molecule has 2 rings (SSSR count). The number of hydrogen-bond acceptors (Lipinski definition) is 4. The largest absolute Gasteiger partial charge is 0.478 e. The van der Waals surface area contributed by atoms with Gasteiger partial charge in [0.1, 0.15) is 5.82 Å². The van der Waals surface area contributed by atoms with Crippen LogP contribution in [0.25, 0.3) is 10.9 Å². The normalized spacial score (nSPS) is 10.7. The van der Waals surface area contributed by atoms with E-state index in [9.17, 15) is 9.90 Å². The molecule has 5 nitrogen and oxygen atoms in total. The Bertz CT molecular complexity index is 607. The molecule has 0 saturated heterocycles. The van der Waals surface area contributed by atoms with Crippen molar-refractivity contribution in [2.75, 3.05) is 24.6 Å². The Morgan fingerprint density at radius 3 is 2.70 bits per heavy atom. The van der Waals surface area contributed by atoms with Crippen LogP contribution in [0, 0.1) is 0 Å². The second-order valence-corrected chi connectivity index (χ2v) is 4.56. The van der Waals surface area contributed by atoms with Crippen LogP contribution in [0.2, 0.25) is 0 Å². The lowest BCUT2D eigenvalue weighted by Gasteiger charge is -2.23. The third-order valence-corrected chi connectivity index (χ3v) is 3.12. The van der Waals surface area contributed by atoms with Gasteiger partial charge in [-0.3, -0.25) is 0 Å². The number of pyridine rings is 1. The van der Waals surface area contributed by atoms with Gasteiger partial charge >= 0.3 is 5.97 Å². The van der Waals surface area contributed by atoms with Gasteiger partial charge in [0.2, 0.25) is 0 Å². The second kappa shape index (κ2) is 6.34. The quantitative estimate of drug-likeness (QED) is 0.844. The minimum atomic E-state index is -0.967. The summed E-state index contributed by atoms with van der Waals surface area (Å²) in [5.41, 5.74) is 0.895. The third-order valence-electron chi connectivity index (χ3n) is 3.12. The van der Waals surface area contributed by atoms with Crippen molar-refractivity contribution < 1.29 is 15.0 Å². The van der Waals surface area contributed by atoms with Crippen molar-refractivity contribution in [2.45, 2.75) is 13.3 Å². The molecule has 1 heterocycles. The molecule has 1 aromatic heterocycles. The number of aromatic nitrogens is 1. The first-order valence-electron chi connectivity index (χ1n) is 6.66. The van der Waals surface area contributed by atoms with Gasteiger partial charge in [0.05, 0.1) is 17.7 Å². The van der Waals surface area contributed by atoms with E-state index in [4.69, 9.17) is 5.11 Å². The molecule has 0 unspecified atom stereocenters. The molecule has 0 aliphatic carbocycles. The van der Waals surface area contributed by atoms with E-state index >= 15 is 0 Å². The number of fused-ring (bicyclic) bond motifs is 1. The lowest BCUT2D eigenvalue weighted by molar-refractivity contribution is 0.0699. The molecule has 2 aromatic rings. The molecular weight excluding hydrogens is 256 g/mol. The second-order valence-electron chi connectivity index (χ2n) is 4.56. The van der Waals surface area contributed by atoms with Crippen molar-refractivity contribution in [2.24, 2.45) is 0 Å². The molecule has 1 aromatic carbocycles. The summed E-state index contributed by atoms with van der Waals surface area (Å²) < 4.78 is 0. The number of anilines is 1. The highest BCUT2D eigenvalue weighted by Gasteiger charge is 2.14. The fourth-order valence-electron chi connectivity index (χ4n) is 2.23. The molecule has 106 valence electrons. The topological polar surface area (TPSA) is 73.7 Å². The highest BCUT2D eigenvalue weighted by molar-refractivity contribution is 6.03. The maximum atomic E-state index is 11.4. The molecule has 0 radical (unpaired) electrons. The van der Waals surface area contributed by atoms with Crippen molar-refractivity contribution in [1.29, 1.82) is 0 Å². The summed E-state index contributed by atoms with van der Waals surface area (Å²) in [5.74, 6) is -0.373. The number of carboxylic acids is 1. The van der Waals surface area contributed by atoms with E-state index in [0.717, 1.165) is 13.0 Å². The van der Waals surface area contributed by atoms with E-state index in [1.165, 1.54) is 0 Å². The predicted molar refractivity (Wildman–Crippen MR) is 78.3 cm³/mol. The molecule has 0 spiro atoms. The summed E-state index contributed by atoms with van der Waals surface area (Å²) in [6, 6.07) is 8.77. The Labute approximate surface area is 117 Å². The number of aliphatic hydroxyl groups excluding tert-OH is 1. The Hall–Kier alpha value is -2.14. The number of benzene rings is 1. The minimum Gasteiger partial charge on any atom is -0.478 e. The first kappa shape index (κ1) is 14.3. The average molecular weight is 274 g/mol. The van der Waals surface area contributed by atoms with Crippen molar-refractivity contribution in [3.8, 4) is 0 Å². The first-order chi connectivity index (χ1) is 9.67. The van der Waals surface area contributed by atoms with Crippen LogP contribution in [0.1, 0.15) is 23.7 Å². The SMILES string of the molecule is CCCN(CCO)c1cc(C(=O)O)c2ccccc2n1. The van der Waals surface area contributed by atoms with Crippen molar-refractivity contribution in [3.63, 3.8) is 0 Å². The molecular formula is C15H18N2O3. The molecule has 0 aliphatic rings. The van der Waals surface area contributed by atoms with Gasteiger partial charge in [0.15, 0.2) is 0 Å². The van der Waals surface area contributed by atoms with Gasteiger partial charge in [0.25, 0.3) is 0 Å². The van der Waals surface area contributed by atoms with Crippen LogP contribution in [-0.2, 0) is 0 Å². The Morgan fingerprint density at radius 1 is 1.30 bits per heavy atom. The van der Waals surface area contributed by atoms with Crippen molar-refractivity contribution >= 4 is 22.7 Å². The zero-order valence-electron chi connectivity index (χ0n) is 11.4. The molecule has 0 atom stereocenters. The number of nitrogens with zero attached hydrogens (tertiary/aromatic N) is 2. The molecule has 0 saturated carbocycles. The van der Waals surface area contributed by atoms with Crippen LogP contribution in [0.4, 0.5) is 5.82 Å². The lowest BCUT2D eigenvalue weighted by atomic mass is 10.1. The van der Waals surface area contributed by atoms with E-state index in [1.807, 2.05) is 17.9 Å². The van der Waals surface area contributed by atoms with Crippen molar-refractivity contribution in [3.05, 3.63) is 35.9 Å². The lowest BCUT2D eigenvalue weighted by Crippen LogP contribution is -2.28. The number of carbonyl (C=O) groups is 1. The monoisotopic (exact) mass is 274 g/mol. The molecule has 0 amide bonds. The third kappa shape index (κ3) is 2.88. The van der Waals surface area contributed by atoms with E-state index in [1.54, 1.807) is 24.3 Å². The molecule has 0 fully saturated rings. The van der Waals surface area contributed by atoms with Crippen LogP contribution in [0.3, 0.4) is 0 Å². The average Bonchev–Trinajstić information content (AvgIpc) is 2.45. The van der Waals surface area contributed by atoms with Gasteiger partial charge in [-0.25, -0.2) is 9.78 Å². The van der Waals surface area contributed by atoms with Crippen molar-refractivity contribution in [1.82, 2.24) is 4.98 Å². The van der Waals surface area contributed by atoms with Gasteiger partial charge in [-0.2, -0.15) is 0 Å². The summed E-state index contributed by atoms with van der Waals surface area (Å²) in [6.07, 6.45) is 0.900. The van der Waals surface area contributed by atoms with Gasteiger partial charge in [-0.15, -0.1) is 0 Å². The number of para-hydroxylation sites is 1. The number of aliphatic hydroxyl groups is 1. The van der Waals surface area contributed by atoms with Crippen LogP contribution in [0.5, 0.6) is 0 Å². The van der Waals surface area contributed by atoms with E-state index in [-0.39, 0.29) is 12.2 Å². The highest BCUT2D eigenvalue weighted by Crippen LogP contribution is 2.23. The maximum absolute atomic E-state index is 11.4. The number of hydrogen-bond donors (Lipinski definition) is 2. The Morgan fingerprint density at radius 2 is 2.05 bits per heavy atom. The standard InChI is InChI=1S/C15H18N2O3/c1-2-7-17(8-9-18)14-10-12(15(19)20)11-5-3-4-6-13(11)16-14/h3-6,10,18H,2,7-9H2,1H3,(H,19,20). The maximum Gasteiger partial charge on any atom is 0.336 e.